The van der Waals surface area contributed by atoms with Gasteiger partial charge < -0.3 is 9.32 Å². The lowest BCUT2D eigenvalue weighted by atomic mass is 10.1. The number of thioether (sulfide) groups is 1. The molecule has 3 aliphatic heterocycles. The van der Waals surface area contributed by atoms with Crippen LogP contribution in [0, 0.1) is 0 Å². The Bertz CT molecular complexity index is 1100. The molecule has 0 saturated carbocycles. The smallest absolute Gasteiger partial charge is 0.392 e. The number of fused-ring (bicyclic) bond motifs is 2. The molecule has 11 heteroatoms. The summed E-state index contributed by atoms with van der Waals surface area (Å²) in [5.74, 6) is 1.68. The molecule has 10 nitrogen and oxygen atoms in total. The van der Waals surface area contributed by atoms with E-state index >= 15 is 0 Å². The summed E-state index contributed by atoms with van der Waals surface area (Å²) >= 11 is 1.51. The summed E-state index contributed by atoms with van der Waals surface area (Å²) in [5.41, 5.74) is 1.59. The zero-order chi connectivity index (χ0) is 22.4. The second kappa shape index (κ2) is 8.21. The summed E-state index contributed by atoms with van der Waals surface area (Å²) < 4.78 is 8.03. The molecule has 0 N–H and O–H groups in total. The Labute approximate surface area is 190 Å². The quantitative estimate of drug-likeness (QED) is 0.498. The SMILES string of the molecule is CN1CC[N+](=C2N=C3C(C(=O)N(C)C(=O)N3C)N2CCSc2nc3ccccc3o2)CC1. The van der Waals surface area contributed by atoms with Gasteiger partial charge in [-0.1, -0.05) is 28.9 Å². The van der Waals surface area contributed by atoms with Crippen LogP contribution >= 0.6 is 11.8 Å². The third-order valence-corrected chi connectivity index (χ3v) is 6.94. The number of carbonyl (C=O) groups excluding carboxylic acids is 2. The van der Waals surface area contributed by atoms with E-state index in [4.69, 9.17) is 9.41 Å². The predicted octanol–water partition coefficient (Wildman–Crippen LogP) is 0.840. The molecule has 3 amide bonds. The minimum absolute atomic E-state index is 0.247. The normalized spacial score (nSPS) is 22.3. The molecule has 4 heterocycles. The van der Waals surface area contributed by atoms with Crippen molar-refractivity contribution in [1.82, 2.24) is 24.6 Å². The lowest BCUT2D eigenvalue weighted by Crippen LogP contribution is -2.63. The van der Waals surface area contributed by atoms with Gasteiger partial charge in [0.05, 0.1) is 19.6 Å². The lowest BCUT2D eigenvalue weighted by molar-refractivity contribution is -0.544. The largest absolute Gasteiger partial charge is 0.431 e. The van der Waals surface area contributed by atoms with E-state index in [-0.39, 0.29) is 11.9 Å². The lowest BCUT2D eigenvalue weighted by Gasteiger charge is -2.33. The number of urea groups is 1. The Morgan fingerprint density at radius 2 is 1.88 bits per heavy atom. The number of carbonyl (C=O) groups is 2. The molecular weight excluding hydrogens is 430 g/mol. The Balaban J connectivity index is 1.40. The highest BCUT2D eigenvalue weighted by Gasteiger charge is 2.55. The number of piperazine rings is 1. The molecule has 1 atom stereocenters. The van der Waals surface area contributed by atoms with E-state index in [0.29, 0.717) is 23.4 Å². The fourth-order valence-electron chi connectivity index (χ4n) is 4.22. The van der Waals surface area contributed by atoms with Crippen molar-refractivity contribution in [2.75, 3.05) is 59.6 Å². The summed E-state index contributed by atoms with van der Waals surface area (Å²) in [6, 6.07) is 6.72. The summed E-state index contributed by atoms with van der Waals surface area (Å²) in [6.45, 7) is 4.07. The molecule has 0 spiro atoms. The van der Waals surface area contributed by atoms with Crippen LogP contribution < -0.4 is 0 Å². The van der Waals surface area contributed by atoms with Crippen molar-refractivity contribution >= 4 is 46.6 Å². The predicted molar refractivity (Wildman–Crippen MR) is 121 cm³/mol. The van der Waals surface area contributed by atoms with Crippen molar-refractivity contribution in [2.24, 2.45) is 4.99 Å². The van der Waals surface area contributed by atoms with Gasteiger partial charge in [0, 0.05) is 32.9 Å². The average Bonchev–Trinajstić information content (AvgIpc) is 3.38. The number of benzene rings is 1. The van der Waals surface area contributed by atoms with Crippen LogP contribution in [0.15, 0.2) is 38.9 Å². The van der Waals surface area contributed by atoms with Gasteiger partial charge in [-0.05, 0) is 19.2 Å². The molecule has 0 aliphatic carbocycles. The first-order valence-corrected chi connectivity index (χ1v) is 11.6. The van der Waals surface area contributed by atoms with Crippen molar-refractivity contribution in [3.63, 3.8) is 0 Å². The third-order valence-electron chi connectivity index (χ3n) is 6.13. The summed E-state index contributed by atoms with van der Waals surface area (Å²) in [5, 5.41) is 0.604. The Morgan fingerprint density at radius 3 is 2.62 bits per heavy atom. The van der Waals surface area contributed by atoms with Gasteiger partial charge in [0.15, 0.2) is 5.58 Å². The van der Waals surface area contributed by atoms with Gasteiger partial charge >= 0.3 is 12.0 Å². The van der Waals surface area contributed by atoms with Gasteiger partial charge in [-0.25, -0.2) is 14.7 Å². The second-order valence-electron chi connectivity index (χ2n) is 8.19. The minimum Gasteiger partial charge on any atom is -0.431 e. The van der Waals surface area contributed by atoms with Crippen LogP contribution in [0.25, 0.3) is 11.1 Å². The molecule has 0 radical (unpaired) electrons. The summed E-state index contributed by atoms with van der Waals surface area (Å²) in [6.07, 6.45) is 0. The molecule has 2 aromatic rings. The molecule has 2 saturated heterocycles. The van der Waals surface area contributed by atoms with E-state index in [9.17, 15) is 9.59 Å². The highest BCUT2D eigenvalue weighted by molar-refractivity contribution is 7.99. The maximum atomic E-state index is 13.1. The number of hydrogen-bond acceptors (Lipinski definition) is 6. The first kappa shape index (κ1) is 21.0. The highest BCUT2D eigenvalue weighted by Crippen LogP contribution is 2.26. The molecule has 168 valence electrons. The van der Waals surface area contributed by atoms with Crippen LogP contribution in [0.1, 0.15) is 0 Å². The number of aliphatic imine (C=N–C) groups is 1. The maximum Gasteiger partial charge on any atom is 0.392 e. The van der Waals surface area contributed by atoms with Gasteiger partial charge in [0.25, 0.3) is 11.1 Å². The molecule has 1 aromatic heterocycles. The number of amides is 3. The van der Waals surface area contributed by atoms with Gasteiger partial charge in [-0.15, -0.1) is 0 Å². The number of rotatable bonds is 4. The van der Waals surface area contributed by atoms with Crippen LogP contribution in [0.4, 0.5) is 4.79 Å². The Morgan fingerprint density at radius 1 is 1.12 bits per heavy atom. The number of likely N-dealkylation sites (N-methyl/N-ethyl adjacent to an activating group) is 3. The maximum absolute atomic E-state index is 13.1. The van der Waals surface area contributed by atoms with E-state index in [1.807, 2.05) is 29.2 Å². The molecular formula is C21H26N7O3S+. The number of imide groups is 1. The molecule has 1 aromatic carbocycles. The van der Waals surface area contributed by atoms with E-state index < -0.39 is 6.04 Å². The topological polar surface area (TPSA) is 88.5 Å². The van der Waals surface area contributed by atoms with E-state index in [1.54, 1.807) is 7.05 Å². The summed E-state index contributed by atoms with van der Waals surface area (Å²) in [4.78, 5) is 41.8. The van der Waals surface area contributed by atoms with Crippen molar-refractivity contribution in [3.05, 3.63) is 24.3 Å². The fraction of sp³-hybridized carbons (Fsp3) is 0.476. The Kier molecular flexibility index (Phi) is 5.38. The van der Waals surface area contributed by atoms with Crippen molar-refractivity contribution in [1.29, 1.82) is 0 Å². The zero-order valence-electron chi connectivity index (χ0n) is 18.4. The van der Waals surface area contributed by atoms with Gasteiger partial charge in [0.2, 0.25) is 11.9 Å². The Hall–Kier alpha value is -2.92. The van der Waals surface area contributed by atoms with E-state index in [2.05, 4.69) is 21.5 Å². The molecule has 32 heavy (non-hydrogen) atoms. The van der Waals surface area contributed by atoms with Crippen molar-refractivity contribution in [3.8, 4) is 0 Å². The van der Waals surface area contributed by atoms with Crippen LogP contribution in [-0.4, -0.2) is 119 Å². The number of guanidine groups is 1. The second-order valence-corrected chi connectivity index (χ2v) is 9.24. The third kappa shape index (κ3) is 3.55. The number of para-hydroxylation sites is 2. The molecule has 3 aliphatic rings. The van der Waals surface area contributed by atoms with Crippen molar-refractivity contribution < 1.29 is 18.6 Å². The van der Waals surface area contributed by atoms with Crippen LogP contribution in [0.3, 0.4) is 0 Å². The van der Waals surface area contributed by atoms with Gasteiger partial charge in [-0.3, -0.25) is 19.2 Å². The van der Waals surface area contributed by atoms with Gasteiger partial charge in [0.1, 0.15) is 5.52 Å². The monoisotopic (exact) mass is 456 g/mol. The first-order chi connectivity index (χ1) is 15.4. The van der Waals surface area contributed by atoms with Gasteiger partial charge in [-0.2, -0.15) is 0 Å². The molecule has 2 fully saturated rings. The number of nitrogens with zero attached hydrogens (tertiary/aromatic N) is 7. The number of amidine groups is 1. The first-order valence-electron chi connectivity index (χ1n) is 10.6. The molecule has 1 unspecified atom stereocenters. The molecule has 0 bridgehead atoms. The van der Waals surface area contributed by atoms with Crippen molar-refractivity contribution in [2.45, 2.75) is 11.3 Å². The highest BCUT2D eigenvalue weighted by atomic mass is 32.2. The standard InChI is InChI=1S/C21H26N7O3S/c1-24-8-10-27(11-9-24)19-23-17-16(18(29)26(3)21(30)25(17)2)28(19)12-13-32-20-22-14-6-4-5-7-15(14)31-20/h4-7,16H,8-13H2,1-3H3/q+1. The number of aromatic nitrogens is 1. The number of oxazole rings is 1. The summed E-state index contributed by atoms with van der Waals surface area (Å²) in [7, 11) is 5.30. The van der Waals surface area contributed by atoms with Crippen LogP contribution in [0.5, 0.6) is 0 Å². The van der Waals surface area contributed by atoms with E-state index in [0.717, 1.165) is 43.2 Å². The van der Waals surface area contributed by atoms with Crippen LogP contribution in [-0.2, 0) is 4.79 Å². The fourth-order valence-corrected chi connectivity index (χ4v) is 4.99. The van der Waals surface area contributed by atoms with E-state index in [1.165, 1.54) is 28.6 Å². The minimum atomic E-state index is -0.596. The average molecular weight is 457 g/mol. The zero-order valence-corrected chi connectivity index (χ0v) is 19.2. The van der Waals surface area contributed by atoms with Crippen LogP contribution in [0.2, 0.25) is 0 Å². The molecule has 5 rings (SSSR count). The number of hydrogen-bond donors (Lipinski definition) is 0.